The fourth-order valence-electron chi connectivity index (χ4n) is 3.55. The maximum atomic E-state index is 13.7. The van der Waals surface area contributed by atoms with Gasteiger partial charge >= 0.3 is 0 Å². The Bertz CT molecular complexity index is 1400. The Kier molecular flexibility index (Phi) is 6.11. The van der Waals surface area contributed by atoms with Gasteiger partial charge in [0.25, 0.3) is 16.4 Å². The minimum Gasteiger partial charge on any atom is -0.378 e. The first-order valence-corrected chi connectivity index (χ1v) is 11.7. The smallest absolute Gasteiger partial charge is 0.280 e. The number of halogens is 3. The molecule has 0 aliphatic carbocycles. The first-order valence-electron chi connectivity index (χ1n) is 9.48. The first kappa shape index (κ1) is 22.5. The van der Waals surface area contributed by atoms with E-state index >= 15 is 0 Å². The summed E-state index contributed by atoms with van der Waals surface area (Å²) in [7, 11) is -2.63. The predicted molar refractivity (Wildman–Crippen MR) is 120 cm³/mol. The maximum Gasteiger partial charge on any atom is 0.280 e. The summed E-state index contributed by atoms with van der Waals surface area (Å²) in [6, 6.07) is 11.0. The van der Waals surface area contributed by atoms with E-state index in [0.29, 0.717) is 21.0 Å². The summed E-state index contributed by atoms with van der Waals surface area (Å²) < 4.78 is 61.1. The van der Waals surface area contributed by atoms with Crippen LogP contribution in [0.2, 0.25) is 0 Å². The molecule has 3 aromatic heterocycles. The minimum absolute atomic E-state index is 0.0802. The quantitative estimate of drug-likeness (QED) is 0.335. The summed E-state index contributed by atoms with van der Waals surface area (Å²) in [5.41, 5.74) is 1.79. The lowest BCUT2D eigenvalue weighted by Gasteiger charge is -2.13. The molecule has 0 bridgehead atoms. The van der Waals surface area contributed by atoms with Crippen LogP contribution in [0.25, 0.3) is 22.2 Å². The van der Waals surface area contributed by atoms with Crippen LogP contribution in [0, 0.1) is 6.92 Å². The standard InChI is InChI=1S/C22H18BrF2N3O3S/c1-13-3-5-16(6-4-13)32(29,30)28-19(12-31-2)20(17-10-15(23)11-27-22(17)28)14-7-8-26-18(9-14)21(24)25/h3-11,21H,12H2,1-2H3. The number of alkyl halides is 2. The molecule has 0 aliphatic rings. The zero-order valence-corrected chi connectivity index (χ0v) is 19.5. The predicted octanol–water partition coefficient (Wildman–Crippen LogP) is 5.49. The van der Waals surface area contributed by atoms with Crippen LogP contribution in [-0.4, -0.2) is 29.5 Å². The molecule has 3 heterocycles. The second kappa shape index (κ2) is 8.68. The molecule has 32 heavy (non-hydrogen) atoms. The van der Waals surface area contributed by atoms with Crippen LogP contribution in [-0.2, 0) is 21.4 Å². The third-order valence-electron chi connectivity index (χ3n) is 4.96. The Labute approximate surface area is 192 Å². The summed E-state index contributed by atoms with van der Waals surface area (Å²) in [5, 5.41) is 0.480. The number of aromatic nitrogens is 3. The molecule has 166 valence electrons. The van der Waals surface area contributed by atoms with Crippen LogP contribution < -0.4 is 0 Å². The molecule has 0 unspecified atom stereocenters. The number of ether oxygens (including phenoxy) is 1. The molecule has 4 rings (SSSR count). The van der Waals surface area contributed by atoms with E-state index in [0.717, 1.165) is 9.54 Å². The molecule has 0 radical (unpaired) electrons. The molecule has 4 aromatic rings. The van der Waals surface area contributed by atoms with Gasteiger partial charge in [-0.2, -0.15) is 0 Å². The third-order valence-corrected chi connectivity index (χ3v) is 7.14. The van der Waals surface area contributed by atoms with E-state index in [1.165, 1.54) is 37.7 Å². The molecular weight excluding hydrogens is 504 g/mol. The summed E-state index contributed by atoms with van der Waals surface area (Å²) in [5.74, 6) is 0. The lowest BCUT2D eigenvalue weighted by atomic mass is 10.0. The van der Waals surface area contributed by atoms with Crippen molar-refractivity contribution in [1.29, 1.82) is 0 Å². The number of pyridine rings is 2. The Hall–Kier alpha value is -2.69. The number of fused-ring (bicyclic) bond motifs is 1. The Morgan fingerprint density at radius 3 is 2.50 bits per heavy atom. The van der Waals surface area contributed by atoms with Gasteiger partial charge in [-0.15, -0.1) is 0 Å². The van der Waals surface area contributed by atoms with Crippen molar-refractivity contribution in [2.24, 2.45) is 0 Å². The van der Waals surface area contributed by atoms with Gasteiger partial charge in [-0.05, 0) is 58.7 Å². The summed E-state index contributed by atoms with van der Waals surface area (Å²) >= 11 is 3.37. The van der Waals surface area contributed by atoms with Gasteiger partial charge in [-0.25, -0.2) is 26.2 Å². The molecular formula is C22H18BrF2N3O3S. The number of benzene rings is 1. The number of hydrogen-bond donors (Lipinski definition) is 0. The highest BCUT2D eigenvalue weighted by Gasteiger charge is 2.29. The van der Waals surface area contributed by atoms with Gasteiger partial charge in [0.1, 0.15) is 5.69 Å². The van der Waals surface area contributed by atoms with E-state index < -0.39 is 22.1 Å². The zero-order valence-electron chi connectivity index (χ0n) is 17.1. The number of methoxy groups -OCH3 is 1. The van der Waals surface area contributed by atoms with E-state index in [1.807, 2.05) is 6.92 Å². The van der Waals surface area contributed by atoms with Crippen LogP contribution in [0.1, 0.15) is 23.4 Å². The highest BCUT2D eigenvalue weighted by molar-refractivity contribution is 9.10. The molecule has 10 heteroatoms. The fourth-order valence-corrected chi connectivity index (χ4v) is 5.38. The number of hydrogen-bond acceptors (Lipinski definition) is 5. The lowest BCUT2D eigenvalue weighted by molar-refractivity contribution is 0.146. The fraction of sp³-hybridized carbons (Fsp3) is 0.182. The van der Waals surface area contributed by atoms with Gasteiger partial charge in [-0.1, -0.05) is 17.7 Å². The van der Waals surface area contributed by atoms with Crippen LogP contribution in [0.4, 0.5) is 8.78 Å². The van der Waals surface area contributed by atoms with Gasteiger partial charge in [-0.3, -0.25) is 4.98 Å². The first-order chi connectivity index (χ1) is 15.2. The van der Waals surface area contributed by atoms with Gasteiger partial charge < -0.3 is 4.74 Å². The second-order valence-corrected chi connectivity index (χ2v) is 9.83. The molecule has 0 fully saturated rings. The average molecular weight is 522 g/mol. The van der Waals surface area contributed by atoms with Crippen molar-refractivity contribution in [3.8, 4) is 11.1 Å². The number of rotatable bonds is 6. The normalized spacial score (nSPS) is 12.1. The van der Waals surface area contributed by atoms with E-state index in [-0.39, 0.29) is 22.8 Å². The van der Waals surface area contributed by atoms with E-state index in [9.17, 15) is 17.2 Å². The van der Waals surface area contributed by atoms with Crippen molar-refractivity contribution < 1.29 is 21.9 Å². The van der Waals surface area contributed by atoms with Gasteiger partial charge in [0, 0.05) is 34.9 Å². The maximum absolute atomic E-state index is 13.7. The highest BCUT2D eigenvalue weighted by atomic mass is 79.9. The van der Waals surface area contributed by atoms with E-state index in [4.69, 9.17) is 4.74 Å². The lowest BCUT2D eigenvalue weighted by Crippen LogP contribution is -2.17. The molecule has 0 amide bonds. The SMILES string of the molecule is COCc1c(-c2ccnc(C(F)F)c2)c2cc(Br)cnc2n1S(=O)(=O)c1ccc(C)cc1. The van der Waals surface area contributed by atoms with Crippen molar-refractivity contribution in [3.63, 3.8) is 0 Å². The van der Waals surface area contributed by atoms with Crippen molar-refractivity contribution in [3.05, 3.63) is 76.3 Å². The third kappa shape index (κ3) is 3.94. The number of aryl methyl sites for hydroxylation is 1. The molecule has 0 saturated carbocycles. The molecule has 6 nitrogen and oxygen atoms in total. The summed E-state index contributed by atoms with van der Waals surface area (Å²) in [6.45, 7) is 1.78. The molecule has 0 aliphatic heterocycles. The summed E-state index contributed by atoms with van der Waals surface area (Å²) in [4.78, 5) is 8.15. The molecule has 0 spiro atoms. The Morgan fingerprint density at radius 2 is 1.84 bits per heavy atom. The second-order valence-electron chi connectivity index (χ2n) is 7.13. The van der Waals surface area contributed by atoms with E-state index in [2.05, 4.69) is 25.9 Å². The van der Waals surface area contributed by atoms with E-state index in [1.54, 1.807) is 24.3 Å². The van der Waals surface area contributed by atoms with Gasteiger partial charge in [0.05, 0.1) is 17.2 Å². The topological polar surface area (TPSA) is 74.1 Å². The number of nitrogens with zero attached hydrogens (tertiary/aromatic N) is 3. The largest absolute Gasteiger partial charge is 0.378 e. The molecule has 1 aromatic carbocycles. The van der Waals surface area contributed by atoms with Crippen molar-refractivity contribution in [2.45, 2.75) is 24.9 Å². The molecule has 0 atom stereocenters. The molecule has 0 N–H and O–H groups in total. The Balaban J connectivity index is 2.10. The van der Waals surface area contributed by atoms with Crippen LogP contribution in [0.3, 0.4) is 0 Å². The zero-order chi connectivity index (χ0) is 23.0. The van der Waals surface area contributed by atoms with Crippen LogP contribution in [0.15, 0.2) is 64.2 Å². The molecule has 0 saturated heterocycles. The van der Waals surface area contributed by atoms with Crippen LogP contribution in [0.5, 0.6) is 0 Å². The average Bonchev–Trinajstić information content (AvgIpc) is 3.08. The van der Waals surface area contributed by atoms with Crippen LogP contribution >= 0.6 is 15.9 Å². The monoisotopic (exact) mass is 521 g/mol. The van der Waals surface area contributed by atoms with Crippen molar-refractivity contribution in [1.82, 2.24) is 13.9 Å². The minimum atomic E-state index is -4.07. The van der Waals surface area contributed by atoms with Crippen molar-refractivity contribution in [2.75, 3.05) is 7.11 Å². The van der Waals surface area contributed by atoms with Crippen molar-refractivity contribution >= 4 is 37.0 Å². The van der Waals surface area contributed by atoms with Gasteiger partial charge in [0.15, 0.2) is 5.65 Å². The summed E-state index contributed by atoms with van der Waals surface area (Å²) in [6.07, 6.45) is -0.00685. The Morgan fingerprint density at radius 1 is 1.12 bits per heavy atom. The highest BCUT2D eigenvalue weighted by Crippen LogP contribution is 2.38. The van der Waals surface area contributed by atoms with Gasteiger partial charge in [0.2, 0.25) is 0 Å².